The number of rotatable bonds is 8. The lowest BCUT2D eigenvalue weighted by molar-refractivity contribution is -0.702. The number of imidazole rings is 1. The minimum Gasteiger partial charge on any atom is -0.235 e. The highest BCUT2D eigenvalue weighted by atomic mass is 15.1. The Kier molecular flexibility index (Phi) is 6.20. The minimum absolute atomic E-state index is 1.15. The van der Waals surface area contributed by atoms with Crippen LogP contribution >= 0.6 is 0 Å². The summed E-state index contributed by atoms with van der Waals surface area (Å²) in [5.41, 5.74) is 0. The molecule has 1 aromatic rings. The van der Waals surface area contributed by atoms with Gasteiger partial charge in [-0.1, -0.05) is 33.1 Å². The van der Waals surface area contributed by atoms with Crippen molar-refractivity contribution in [2.75, 3.05) is 0 Å². The van der Waals surface area contributed by atoms with E-state index in [1.54, 1.807) is 0 Å². The largest absolute Gasteiger partial charge is 0.253 e. The van der Waals surface area contributed by atoms with Crippen molar-refractivity contribution in [1.82, 2.24) is 4.57 Å². The normalized spacial score (nSPS) is 10.9. The quantitative estimate of drug-likeness (QED) is 0.471. The molecular formula is C14H27N2+. The van der Waals surface area contributed by atoms with E-state index in [0.717, 1.165) is 6.54 Å². The van der Waals surface area contributed by atoms with Crippen LogP contribution in [0.3, 0.4) is 0 Å². The van der Waals surface area contributed by atoms with Crippen LogP contribution < -0.4 is 4.57 Å². The van der Waals surface area contributed by atoms with Crippen molar-refractivity contribution in [3.8, 4) is 0 Å². The average molecular weight is 223 g/mol. The Balaban J connectivity index is 2.31. The zero-order valence-corrected chi connectivity index (χ0v) is 11.2. The minimum atomic E-state index is 1.15. The van der Waals surface area contributed by atoms with E-state index in [2.05, 4.69) is 42.3 Å². The lowest BCUT2D eigenvalue weighted by atomic mass is 10.1. The number of aryl methyl sites for hydroxylation is 2. The second-order valence-electron chi connectivity index (χ2n) is 4.65. The molecule has 0 saturated heterocycles. The van der Waals surface area contributed by atoms with Gasteiger partial charge in [0.25, 0.3) is 5.82 Å². The molecule has 0 N–H and O–H groups in total. The zero-order chi connectivity index (χ0) is 11.8. The third-order valence-corrected chi connectivity index (χ3v) is 3.22. The standard InChI is InChI=1S/C14H27N2/c1-4-6-7-8-9-11-16-13-12-15(10-5-2)14(16)3/h12-13H,4-11H2,1-3H3/q+1. The first-order valence-electron chi connectivity index (χ1n) is 6.84. The van der Waals surface area contributed by atoms with E-state index in [1.165, 1.54) is 50.9 Å². The predicted molar refractivity (Wildman–Crippen MR) is 68.4 cm³/mol. The third kappa shape index (κ3) is 3.99. The molecule has 0 aliphatic rings. The molecule has 2 heteroatoms. The molecule has 92 valence electrons. The monoisotopic (exact) mass is 223 g/mol. The molecule has 2 nitrogen and oxygen atoms in total. The van der Waals surface area contributed by atoms with Crippen molar-refractivity contribution in [2.45, 2.75) is 72.4 Å². The Labute approximate surface area is 100 Å². The van der Waals surface area contributed by atoms with Crippen molar-refractivity contribution >= 4 is 0 Å². The van der Waals surface area contributed by atoms with Crippen molar-refractivity contribution in [2.24, 2.45) is 0 Å². The van der Waals surface area contributed by atoms with Crippen LogP contribution in [-0.4, -0.2) is 4.57 Å². The summed E-state index contributed by atoms with van der Waals surface area (Å²) in [6.07, 6.45) is 12.5. The second-order valence-corrected chi connectivity index (χ2v) is 4.65. The lowest BCUT2D eigenvalue weighted by Gasteiger charge is -2.01. The number of hydrogen-bond acceptors (Lipinski definition) is 0. The van der Waals surface area contributed by atoms with Crippen LogP contribution in [0, 0.1) is 6.92 Å². The van der Waals surface area contributed by atoms with E-state index in [4.69, 9.17) is 0 Å². The van der Waals surface area contributed by atoms with Gasteiger partial charge in [-0.05, 0) is 19.3 Å². The first-order chi connectivity index (χ1) is 7.79. The highest BCUT2D eigenvalue weighted by Gasteiger charge is 2.10. The molecule has 1 aromatic heterocycles. The molecule has 0 aromatic carbocycles. The van der Waals surface area contributed by atoms with Crippen LogP contribution in [0.2, 0.25) is 0 Å². The Morgan fingerprint density at radius 1 is 1.06 bits per heavy atom. The van der Waals surface area contributed by atoms with Crippen LogP contribution in [0.1, 0.15) is 58.2 Å². The van der Waals surface area contributed by atoms with Crippen molar-refractivity contribution in [3.05, 3.63) is 18.2 Å². The van der Waals surface area contributed by atoms with Gasteiger partial charge in [0.15, 0.2) is 0 Å². The van der Waals surface area contributed by atoms with E-state index in [0.29, 0.717) is 0 Å². The smallest absolute Gasteiger partial charge is 0.235 e. The highest BCUT2D eigenvalue weighted by molar-refractivity contribution is 4.79. The summed E-state index contributed by atoms with van der Waals surface area (Å²) in [4.78, 5) is 0. The van der Waals surface area contributed by atoms with Crippen molar-refractivity contribution in [3.63, 3.8) is 0 Å². The molecular weight excluding hydrogens is 196 g/mol. The molecule has 0 aliphatic heterocycles. The van der Waals surface area contributed by atoms with Gasteiger partial charge in [0.05, 0.1) is 13.1 Å². The molecule has 0 radical (unpaired) electrons. The maximum absolute atomic E-state index is 2.39. The molecule has 1 rings (SSSR count). The second kappa shape index (κ2) is 7.48. The van der Waals surface area contributed by atoms with Crippen molar-refractivity contribution < 1.29 is 4.57 Å². The average Bonchev–Trinajstić information content (AvgIpc) is 2.62. The third-order valence-electron chi connectivity index (χ3n) is 3.22. The van der Waals surface area contributed by atoms with E-state index in [1.807, 2.05) is 0 Å². The number of unbranched alkanes of at least 4 members (excludes halogenated alkanes) is 4. The molecule has 16 heavy (non-hydrogen) atoms. The van der Waals surface area contributed by atoms with E-state index in [9.17, 15) is 0 Å². The molecule has 0 spiro atoms. The molecule has 0 unspecified atom stereocenters. The summed E-state index contributed by atoms with van der Waals surface area (Å²) in [5.74, 6) is 1.40. The topological polar surface area (TPSA) is 8.81 Å². The number of nitrogens with zero attached hydrogens (tertiary/aromatic N) is 2. The molecule has 0 amide bonds. The van der Waals surface area contributed by atoms with Crippen LogP contribution in [0.25, 0.3) is 0 Å². The van der Waals surface area contributed by atoms with Gasteiger partial charge in [-0.2, -0.15) is 0 Å². The van der Waals surface area contributed by atoms with Gasteiger partial charge in [-0.3, -0.25) is 0 Å². The van der Waals surface area contributed by atoms with E-state index in [-0.39, 0.29) is 0 Å². The predicted octanol–water partition coefficient (Wildman–Crippen LogP) is 3.46. The lowest BCUT2D eigenvalue weighted by Crippen LogP contribution is -2.35. The van der Waals surface area contributed by atoms with Crippen LogP contribution in [-0.2, 0) is 13.1 Å². The summed E-state index contributed by atoms with van der Waals surface area (Å²) in [7, 11) is 0. The fourth-order valence-electron chi connectivity index (χ4n) is 2.14. The SMILES string of the molecule is CCCCCCCn1cc[n+](CCC)c1C. The fraction of sp³-hybridized carbons (Fsp3) is 0.786. The molecule has 1 heterocycles. The number of aromatic nitrogens is 2. The molecule has 0 saturated carbocycles. The molecule has 0 atom stereocenters. The molecule has 0 aliphatic carbocycles. The van der Waals surface area contributed by atoms with Gasteiger partial charge in [-0.25, -0.2) is 9.13 Å². The Bertz CT molecular complexity index is 289. The van der Waals surface area contributed by atoms with Gasteiger partial charge in [-0.15, -0.1) is 0 Å². The summed E-state index contributed by atoms with van der Waals surface area (Å²) >= 11 is 0. The summed E-state index contributed by atoms with van der Waals surface area (Å²) in [5, 5.41) is 0. The van der Waals surface area contributed by atoms with Gasteiger partial charge in [0, 0.05) is 6.92 Å². The zero-order valence-electron chi connectivity index (χ0n) is 11.2. The summed E-state index contributed by atoms with van der Waals surface area (Å²) < 4.78 is 4.74. The summed E-state index contributed by atoms with van der Waals surface area (Å²) in [6.45, 7) is 9.06. The van der Waals surface area contributed by atoms with Crippen LogP contribution in [0.15, 0.2) is 12.4 Å². The van der Waals surface area contributed by atoms with Crippen LogP contribution in [0.4, 0.5) is 0 Å². The van der Waals surface area contributed by atoms with Gasteiger partial charge in [0.2, 0.25) is 0 Å². The first-order valence-corrected chi connectivity index (χ1v) is 6.84. The Morgan fingerprint density at radius 3 is 2.50 bits per heavy atom. The number of hydrogen-bond donors (Lipinski definition) is 0. The van der Waals surface area contributed by atoms with Gasteiger partial charge < -0.3 is 0 Å². The maximum Gasteiger partial charge on any atom is 0.253 e. The Hall–Kier alpha value is -0.790. The van der Waals surface area contributed by atoms with Crippen LogP contribution in [0.5, 0.6) is 0 Å². The van der Waals surface area contributed by atoms with Gasteiger partial charge in [0.1, 0.15) is 12.4 Å². The first kappa shape index (κ1) is 13.3. The summed E-state index contributed by atoms with van der Waals surface area (Å²) in [6, 6.07) is 0. The highest BCUT2D eigenvalue weighted by Crippen LogP contribution is 2.05. The fourth-order valence-corrected chi connectivity index (χ4v) is 2.14. The molecule has 0 bridgehead atoms. The Morgan fingerprint density at radius 2 is 1.81 bits per heavy atom. The van der Waals surface area contributed by atoms with E-state index >= 15 is 0 Å². The molecule has 0 fully saturated rings. The van der Waals surface area contributed by atoms with E-state index < -0.39 is 0 Å². The van der Waals surface area contributed by atoms with Gasteiger partial charge >= 0.3 is 0 Å². The maximum atomic E-state index is 2.39. The van der Waals surface area contributed by atoms with Crippen molar-refractivity contribution in [1.29, 1.82) is 0 Å².